The van der Waals surface area contributed by atoms with E-state index in [0.29, 0.717) is 6.54 Å². The molecule has 0 spiro atoms. The molecule has 1 fully saturated rings. The summed E-state index contributed by atoms with van der Waals surface area (Å²) in [6, 6.07) is 7.68. The van der Waals surface area contributed by atoms with Crippen LogP contribution in [-0.2, 0) is 16.4 Å². The zero-order valence-corrected chi connectivity index (χ0v) is 12.0. The lowest BCUT2D eigenvalue weighted by Gasteiger charge is -2.19. The van der Waals surface area contributed by atoms with Gasteiger partial charge in [-0.1, -0.05) is 36.2 Å². The van der Waals surface area contributed by atoms with E-state index in [1.165, 1.54) is 6.26 Å². The molecule has 2 rings (SSSR count). The van der Waals surface area contributed by atoms with Crippen LogP contribution in [0.3, 0.4) is 0 Å². The molecule has 0 aliphatic heterocycles. The minimum Gasteiger partial charge on any atom is -0.309 e. The fourth-order valence-corrected chi connectivity index (χ4v) is 4.18. The van der Waals surface area contributed by atoms with Crippen LogP contribution in [-0.4, -0.2) is 26.0 Å². The van der Waals surface area contributed by atoms with Gasteiger partial charge in [0.2, 0.25) is 0 Å². The molecule has 0 amide bonds. The summed E-state index contributed by atoms with van der Waals surface area (Å²) in [7, 11) is -2.96. The van der Waals surface area contributed by atoms with Gasteiger partial charge in [0.25, 0.3) is 0 Å². The minimum atomic E-state index is -2.96. The van der Waals surface area contributed by atoms with Crippen LogP contribution in [0.1, 0.15) is 24.8 Å². The Hall–Kier alpha value is -0.580. The zero-order valence-electron chi connectivity index (χ0n) is 10.4. The van der Waals surface area contributed by atoms with Crippen molar-refractivity contribution in [2.75, 3.05) is 6.26 Å². The van der Waals surface area contributed by atoms with Gasteiger partial charge in [-0.3, -0.25) is 0 Å². The van der Waals surface area contributed by atoms with E-state index in [2.05, 4.69) is 5.32 Å². The summed E-state index contributed by atoms with van der Waals surface area (Å²) in [5.41, 5.74) is 1.01. The summed E-state index contributed by atoms with van der Waals surface area (Å²) in [6.07, 6.45) is 3.98. The van der Waals surface area contributed by atoms with Crippen LogP contribution in [0.2, 0.25) is 5.02 Å². The topological polar surface area (TPSA) is 46.2 Å². The van der Waals surface area contributed by atoms with E-state index in [4.69, 9.17) is 11.6 Å². The Morgan fingerprint density at radius 1 is 1.33 bits per heavy atom. The Morgan fingerprint density at radius 2 is 2.06 bits per heavy atom. The van der Waals surface area contributed by atoms with E-state index in [1.54, 1.807) is 0 Å². The monoisotopic (exact) mass is 287 g/mol. The van der Waals surface area contributed by atoms with Crippen molar-refractivity contribution >= 4 is 21.4 Å². The molecule has 18 heavy (non-hydrogen) atoms. The van der Waals surface area contributed by atoms with Crippen molar-refractivity contribution in [1.29, 1.82) is 0 Å². The number of rotatable bonds is 4. The van der Waals surface area contributed by atoms with E-state index in [0.717, 1.165) is 29.8 Å². The van der Waals surface area contributed by atoms with Crippen molar-refractivity contribution in [3.8, 4) is 0 Å². The average Bonchev–Trinajstić information content (AvgIpc) is 2.76. The van der Waals surface area contributed by atoms with Crippen molar-refractivity contribution in [2.24, 2.45) is 0 Å². The van der Waals surface area contributed by atoms with Crippen molar-refractivity contribution < 1.29 is 8.42 Å². The van der Waals surface area contributed by atoms with E-state index in [9.17, 15) is 8.42 Å². The van der Waals surface area contributed by atoms with Crippen molar-refractivity contribution in [3.05, 3.63) is 34.9 Å². The lowest BCUT2D eigenvalue weighted by atomic mass is 10.2. The van der Waals surface area contributed by atoms with E-state index in [1.807, 2.05) is 24.3 Å². The molecule has 0 heterocycles. The number of halogens is 1. The second-order valence-corrected chi connectivity index (χ2v) is 7.55. The molecule has 1 N–H and O–H groups in total. The predicted molar refractivity (Wildman–Crippen MR) is 74.6 cm³/mol. The van der Waals surface area contributed by atoms with Crippen LogP contribution in [0, 0.1) is 0 Å². The smallest absolute Gasteiger partial charge is 0.151 e. The Bertz CT molecular complexity index is 515. The second-order valence-electron chi connectivity index (χ2n) is 4.88. The Labute approximate surface area is 113 Å². The number of hydrogen-bond acceptors (Lipinski definition) is 3. The molecule has 0 saturated heterocycles. The number of nitrogens with one attached hydrogen (secondary N) is 1. The molecule has 100 valence electrons. The number of hydrogen-bond donors (Lipinski definition) is 1. The highest BCUT2D eigenvalue weighted by atomic mass is 35.5. The third-order valence-electron chi connectivity index (χ3n) is 3.52. The third kappa shape index (κ3) is 3.25. The lowest BCUT2D eigenvalue weighted by molar-refractivity contribution is 0.507. The Morgan fingerprint density at radius 3 is 2.72 bits per heavy atom. The zero-order chi connectivity index (χ0) is 13.2. The SMILES string of the molecule is CS(=O)(=O)C1CCCC1NCc1ccccc1Cl. The first kappa shape index (κ1) is 13.8. The van der Waals surface area contributed by atoms with Crippen molar-refractivity contribution in [2.45, 2.75) is 37.1 Å². The van der Waals surface area contributed by atoms with Crippen molar-refractivity contribution in [1.82, 2.24) is 5.32 Å². The maximum Gasteiger partial charge on any atom is 0.151 e. The maximum absolute atomic E-state index is 11.7. The second kappa shape index (κ2) is 5.59. The van der Waals surface area contributed by atoms with E-state index >= 15 is 0 Å². The number of benzene rings is 1. The summed E-state index contributed by atoms with van der Waals surface area (Å²) >= 11 is 6.08. The molecular weight excluding hydrogens is 270 g/mol. The van der Waals surface area contributed by atoms with Crippen LogP contribution >= 0.6 is 11.6 Å². The number of sulfone groups is 1. The van der Waals surface area contributed by atoms with Crippen LogP contribution < -0.4 is 5.32 Å². The van der Waals surface area contributed by atoms with Gasteiger partial charge in [0.15, 0.2) is 9.84 Å². The van der Waals surface area contributed by atoms with Gasteiger partial charge >= 0.3 is 0 Å². The molecule has 0 radical (unpaired) electrons. The van der Waals surface area contributed by atoms with Gasteiger partial charge in [-0.2, -0.15) is 0 Å². The fourth-order valence-electron chi connectivity index (χ4n) is 2.55. The van der Waals surface area contributed by atoms with Crippen LogP contribution in [0.25, 0.3) is 0 Å². The van der Waals surface area contributed by atoms with Gasteiger partial charge in [0, 0.05) is 23.9 Å². The summed E-state index contributed by atoms with van der Waals surface area (Å²) in [6.45, 7) is 0.621. The van der Waals surface area contributed by atoms with Gasteiger partial charge in [-0.15, -0.1) is 0 Å². The first-order valence-corrected chi connectivity index (χ1v) is 8.47. The first-order chi connectivity index (χ1) is 8.48. The quantitative estimate of drug-likeness (QED) is 0.925. The van der Waals surface area contributed by atoms with Gasteiger partial charge in [-0.25, -0.2) is 8.42 Å². The summed E-state index contributed by atoms with van der Waals surface area (Å²) in [5, 5.41) is 3.80. The average molecular weight is 288 g/mol. The molecule has 0 bridgehead atoms. The predicted octanol–water partition coefficient (Wildman–Crippen LogP) is 2.40. The standard InChI is InChI=1S/C13H18ClNO2S/c1-18(16,17)13-8-4-7-12(13)15-9-10-5-2-3-6-11(10)14/h2-3,5-6,12-13,15H,4,7-9H2,1H3. The highest BCUT2D eigenvalue weighted by Gasteiger charge is 2.34. The highest BCUT2D eigenvalue weighted by Crippen LogP contribution is 2.25. The lowest BCUT2D eigenvalue weighted by Crippen LogP contribution is -2.39. The van der Waals surface area contributed by atoms with Gasteiger partial charge in [0.05, 0.1) is 5.25 Å². The highest BCUT2D eigenvalue weighted by molar-refractivity contribution is 7.91. The summed E-state index contributed by atoms with van der Waals surface area (Å²) < 4.78 is 23.3. The largest absolute Gasteiger partial charge is 0.309 e. The first-order valence-electron chi connectivity index (χ1n) is 6.14. The van der Waals surface area contributed by atoms with Gasteiger partial charge in [-0.05, 0) is 24.5 Å². The van der Waals surface area contributed by atoms with Gasteiger partial charge in [0.1, 0.15) is 0 Å². The molecular formula is C13H18ClNO2S. The van der Waals surface area contributed by atoms with Crippen LogP contribution in [0.5, 0.6) is 0 Å². The van der Waals surface area contributed by atoms with Crippen LogP contribution in [0.4, 0.5) is 0 Å². The molecule has 1 aliphatic carbocycles. The van der Waals surface area contributed by atoms with Gasteiger partial charge < -0.3 is 5.32 Å². The molecule has 1 aromatic rings. The molecule has 1 aliphatic rings. The normalized spacial score (nSPS) is 24.3. The Balaban J connectivity index is 2.00. The molecule has 2 unspecified atom stereocenters. The molecule has 3 nitrogen and oxygen atoms in total. The van der Waals surface area contributed by atoms with E-state index in [-0.39, 0.29) is 11.3 Å². The molecule has 5 heteroatoms. The molecule has 2 atom stereocenters. The summed E-state index contributed by atoms with van der Waals surface area (Å²) in [5.74, 6) is 0. The minimum absolute atomic E-state index is 0.0521. The van der Waals surface area contributed by atoms with Crippen LogP contribution in [0.15, 0.2) is 24.3 Å². The molecule has 1 saturated carbocycles. The van der Waals surface area contributed by atoms with Crippen molar-refractivity contribution in [3.63, 3.8) is 0 Å². The van der Waals surface area contributed by atoms with E-state index < -0.39 is 9.84 Å². The Kier molecular flexibility index (Phi) is 4.30. The summed E-state index contributed by atoms with van der Waals surface area (Å²) in [4.78, 5) is 0. The third-order valence-corrected chi connectivity index (χ3v) is 5.55. The molecule has 0 aromatic heterocycles. The molecule has 1 aromatic carbocycles. The fraction of sp³-hybridized carbons (Fsp3) is 0.538. The maximum atomic E-state index is 11.7.